The van der Waals surface area contributed by atoms with Crippen molar-refractivity contribution >= 4 is 11.8 Å². The second-order valence-corrected chi connectivity index (χ2v) is 4.70. The molecule has 0 saturated heterocycles. The zero-order chi connectivity index (χ0) is 17.5. The molecule has 0 aromatic heterocycles. The van der Waals surface area contributed by atoms with E-state index in [9.17, 15) is 27.2 Å². The third kappa shape index (κ3) is 6.25. The van der Waals surface area contributed by atoms with Gasteiger partial charge in [-0.25, -0.2) is 0 Å². The van der Waals surface area contributed by atoms with E-state index in [0.717, 1.165) is 12.1 Å². The van der Waals surface area contributed by atoms with E-state index in [0.29, 0.717) is 12.8 Å². The Morgan fingerprint density at radius 1 is 1.17 bits per heavy atom. The molecule has 1 aromatic carbocycles. The van der Waals surface area contributed by atoms with E-state index in [2.05, 4.69) is 9.47 Å². The number of carbonyl (C=O) groups is 2. The molecule has 0 atom stereocenters. The minimum atomic E-state index is -4.62. The van der Waals surface area contributed by atoms with Crippen molar-refractivity contribution < 1.29 is 36.6 Å². The Labute approximate surface area is 130 Å². The van der Waals surface area contributed by atoms with Gasteiger partial charge in [0.1, 0.15) is 5.75 Å². The fourth-order valence-corrected chi connectivity index (χ4v) is 1.74. The van der Waals surface area contributed by atoms with Gasteiger partial charge in [-0.15, -0.1) is 0 Å². The van der Waals surface area contributed by atoms with Crippen molar-refractivity contribution in [2.45, 2.75) is 38.2 Å². The topological polar surface area (TPSA) is 52.6 Å². The van der Waals surface area contributed by atoms with Crippen LogP contribution in [0.15, 0.2) is 24.3 Å². The minimum Gasteiger partial charge on any atom is -0.469 e. The number of hydrogen-bond acceptors (Lipinski definition) is 4. The molecule has 0 heterocycles. The molecule has 0 amide bonds. The van der Waals surface area contributed by atoms with Gasteiger partial charge >= 0.3 is 18.5 Å². The Morgan fingerprint density at radius 2 is 1.83 bits per heavy atom. The maximum absolute atomic E-state index is 12.8. The zero-order valence-electron chi connectivity index (χ0n) is 12.4. The molecular formula is C15H16F4O4. The molecule has 1 aromatic rings. The first-order valence-electron chi connectivity index (χ1n) is 6.81. The Morgan fingerprint density at radius 3 is 2.43 bits per heavy atom. The SMILES string of the molecule is COC(=O)CCCCC(=O)c1cccc(OC(F)(F)C(F)F)c1. The molecule has 0 unspecified atom stereocenters. The molecule has 4 nitrogen and oxygen atoms in total. The predicted octanol–water partition coefficient (Wildman–Crippen LogP) is 3.84. The van der Waals surface area contributed by atoms with Crippen molar-refractivity contribution in [3.8, 4) is 5.75 Å². The molecule has 23 heavy (non-hydrogen) atoms. The van der Waals surface area contributed by atoms with Crippen LogP contribution in [-0.2, 0) is 9.53 Å². The van der Waals surface area contributed by atoms with E-state index in [4.69, 9.17) is 0 Å². The second-order valence-electron chi connectivity index (χ2n) is 4.70. The maximum Gasteiger partial charge on any atom is 0.461 e. The molecule has 0 spiro atoms. The summed E-state index contributed by atoms with van der Waals surface area (Å²) in [6.45, 7) is 0. The summed E-state index contributed by atoms with van der Waals surface area (Å²) in [7, 11) is 1.26. The second kappa shape index (κ2) is 8.50. The van der Waals surface area contributed by atoms with Gasteiger partial charge < -0.3 is 9.47 Å². The first-order chi connectivity index (χ1) is 10.8. The van der Waals surface area contributed by atoms with Gasteiger partial charge in [-0.2, -0.15) is 17.6 Å². The highest BCUT2D eigenvalue weighted by atomic mass is 19.3. The van der Waals surface area contributed by atoms with E-state index >= 15 is 0 Å². The van der Waals surface area contributed by atoms with E-state index in [1.165, 1.54) is 19.2 Å². The molecule has 0 radical (unpaired) electrons. The lowest BCUT2D eigenvalue weighted by atomic mass is 10.0. The predicted molar refractivity (Wildman–Crippen MR) is 72.8 cm³/mol. The van der Waals surface area contributed by atoms with Crippen molar-refractivity contribution in [3.05, 3.63) is 29.8 Å². The average molecular weight is 336 g/mol. The van der Waals surface area contributed by atoms with Crippen LogP contribution < -0.4 is 4.74 Å². The summed E-state index contributed by atoms with van der Waals surface area (Å²) >= 11 is 0. The number of rotatable bonds is 9. The molecule has 0 aliphatic carbocycles. The van der Waals surface area contributed by atoms with Crippen molar-refractivity contribution in [1.29, 1.82) is 0 Å². The van der Waals surface area contributed by atoms with Gasteiger partial charge in [0.25, 0.3) is 0 Å². The lowest BCUT2D eigenvalue weighted by Crippen LogP contribution is -2.33. The largest absolute Gasteiger partial charge is 0.469 e. The van der Waals surface area contributed by atoms with Crippen LogP contribution in [0.4, 0.5) is 17.6 Å². The van der Waals surface area contributed by atoms with Crippen molar-refractivity contribution in [2.24, 2.45) is 0 Å². The number of ketones is 1. The number of unbranched alkanes of at least 4 members (excludes halogenated alkanes) is 1. The lowest BCUT2D eigenvalue weighted by Gasteiger charge is -2.17. The number of esters is 1. The maximum atomic E-state index is 12.8. The van der Waals surface area contributed by atoms with Crippen LogP contribution in [0.1, 0.15) is 36.0 Å². The number of methoxy groups -OCH3 is 1. The molecule has 0 aliphatic heterocycles. The molecule has 1 rings (SSSR count). The normalized spacial score (nSPS) is 11.4. The summed E-state index contributed by atoms with van der Waals surface area (Å²) in [4.78, 5) is 22.8. The molecule has 128 valence electrons. The quantitative estimate of drug-likeness (QED) is 0.298. The van der Waals surface area contributed by atoms with Gasteiger partial charge in [-0.3, -0.25) is 9.59 Å². The van der Waals surface area contributed by atoms with Gasteiger partial charge in [0, 0.05) is 18.4 Å². The fraction of sp³-hybridized carbons (Fsp3) is 0.467. The standard InChI is InChI=1S/C15H16F4O4/c1-22-13(21)8-3-2-7-12(20)10-5-4-6-11(9-10)23-15(18,19)14(16)17/h4-6,9,14H,2-3,7-8H2,1H3. The third-order valence-electron chi connectivity index (χ3n) is 2.93. The van der Waals surface area contributed by atoms with Crippen LogP contribution in [0.2, 0.25) is 0 Å². The molecule has 0 fully saturated rings. The van der Waals surface area contributed by atoms with Crippen LogP contribution >= 0.6 is 0 Å². The monoisotopic (exact) mass is 336 g/mol. The molecule has 0 aliphatic rings. The van der Waals surface area contributed by atoms with Crippen LogP contribution in [0.25, 0.3) is 0 Å². The number of halogens is 4. The summed E-state index contributed by atoms with van der Waals surface area (Å²) in [6.07, 6.45) is -7.48. The number of benzene rings is 1. The van der Waals surface area contributed by atoms with Gasteiger partial charge in [0.05, 0.1) is 7.11 Å². The van der Waals surface area contributed by atoms with Crippen LogP contribution in [0.5, 0.6) is 5.75 Å². The van der Waals surface area contributed by atoms with Crippen LogP contribution in [-0.4, -0.2) is 31.4 Å². The van der Waals surface area contributed by atoms with E-state index in [1.54, 1.807) is 0 Å². The van der Waals surface area contributed by atoms with Gasteiger partial charge in [-0.05, 0) is 25.0 Å². The van der Waals surface area contributed by atoms with Gasteiger partial charge in [-0.1, -0.05) is 12.1 Å². The first-order valence-corrected chi connectivity index (χ1v) is 6.81. The summed E-state index contributed by atoms with van der Waals surface area (Å²) < 4.78 is 58.2. The Balaban J connectivity index is 2.59. The summed E-state index contributed by atoms with van der Waals surface area (Å²) in [5.41, 5.74) is 0.0747. The summed E-state index contributed by atoms with van der Waals surface area (Å²) in [5, 5.41) is 0. The molecular weight excluding hydrogens is 320 g/mol. The molecule has 0 N–H and O–H groups in total. The van der Waals surface area contributed by atoms with Gasteiger partial charge in [0.2, 0.25) is 0 Å². The molecule has 0 bridgehead atoms. The minimum absolute atomic E-state index is 0.0747. The highest BCUT2D eigenvalue weighted by Crippen LogP contribution is 2.28. The lowest BCUT2D eigenvalue weighted by molar-refractivity contribution is -0.253. The van der Waals surface area contributed by atoms with E-state index in [1.807, 2.05) is 0 Å². The van der Waals surface area contributed by atoms with Crippen LogP contribution in [0.3, 0.4) is 0 Å². The number of hydrogen-bond donors (Lipinski definition) is 0. The highest BCUT2D eigenvalue weighted by Gasteiger charge is 2.44. The number of alkyl halides is 4. The molecule has 8 heteroatoms. The Bertz CT molecular complexity index is 546. The number of ether oxygens (including phenoxy) is 2. The van der Waals surface area contributed by atoms with Crippen molar-refractivity contribution in [3.63, 3.8) is 0 Å². The first kappa shape index (κ1) is 18.9. The van der Waals surface area contributed by atoms with Gasteiger partial charge in [0.15, 0.2) is 5.78 Å². The highest BCUT2D eigenvalue weighted by molar-refractivity contribution is 5.96. The Kier molecular flexibility index (Phi) is 6.99. The van der Waals surface area contributed by atoms with Crippen molar-refractivity contribution in [2.75, 3.05) is 7.11 Å². The zero-order valence-corrected chi connectivity index (χ0v) is 12.4. The van der Waals surface area contributed by atoms with Crippen LogP contribution in [0, 0.1) is 0 Å². The summed E-state index contributed by atoms with van der Waals surface area (Å²) in [5.74, 6) is -1.27. The van der Waals surface area contributed by atoms with Crippen molar-refractivity contribution in [1.82, 2.24) is 0 Å². The number of Topliss-reactive ketones (excluding diaryl/α,β-unsaturated/α-hetero) is 1. The van der Waals surface area contributed by atoms with E-state index < -0.39 is 18.3 Å². The fourth-order valence-electron chi connectivity index (χ4n) is 1.74. The number of carbonyl (C=O) groups excluding carboxylic acids is 2. The van der Waals surface area contributed by atoms with E-state index in [-0.39, 0.29) is 30.2 Å². The smallest absolute Gasteiger partial charge is 0.461 e. The average Bonchev–Trinajstić information content (AvgIpc) is 2.50. The Hall–Kier alpha value is -2.12. The molecule has 0 saturated carbocycles. The third-order valence-corrected chi connectivity index (χ3v) is 2.93. The summed E-state index contributed by atoms with van der Waals surface area (Å²) in [6, 6.07) is 4.68.